The van der Waals surface area contributed by atoms with Crippen molar-refractivity contribution in [2.24, 2.45) is 0 Å². The molecule has 2 aromatic heterocycles. The van der Waals surface area contributed by atoms with Gasteiger partial charge in [0, 0.05) is 6.04 Å². The second kappa shape index (κ2) is 4.77. The second-order valence-corrected chi connectivity index (χ2v) is 6.06. The van der Waals surface area contributed by atoms with Crippen molar-refractivity contribution in [3.8, 4) is 16.8 Å². The van der Waals surface area contributed by atoms with E-state index in [1.807, 2.05) is 18.2 Å². The molecule has 0 saturated carbocycles. The second-order valence-electron chi connectivity index (χ2n) is 5.15. The summed E-state index contributed by atoms with van der Waals surface area (Å²) in [6, 6.07) is 10.3. The van der Waals surface area contributed by atoms with Gasteiger partial charge in [0.2, 0.25) is 0 Å². The predicted octanol–water partition coefficient (Wildman–Crippen LogP) is 4.53. The van der Waals surface area contributed by atoms with E-state index < -0.39 is 0 Å². The van der Waals surface area contributed by atoms with Crippen molar-refractivity contribution in [1.82, 2.24) is 9.55 Å². The Bertz CT molecular complexity index is 818. The number of aromatic nitrogens is 2. The molecule has 0 aliphatic rings. The van der Waals surface area contributed by atoms with Gasteiger partial charge in [-0.1, -0.05) is 0 Å². The van der Waals surface area contributed by atoms with Crippen LogP contribution >= 0.6 is 11.3 Å². The van der Waals surface area contributed by atoms with Crippen LogP contribution < -0.4 is 0 Å². The minimum atomic E-state index is 0.324. The summed E-state index contributed by atoms with van der Waals surface area (Å²) >= 11 is 1.71. The molecule has 0 amide bonds. The van der Waals surface area contributed by atoms with Crippen LogP contribution in [0.15, 0.2) is 29.6 Å². The van der Waals surface area contributed by atoms with Gasteiger partial charge in [0.1, 0.15) is 0 Å². The molecule has 20 heavy (non-hydrogen) atoms. The van der Waals surface area contributed by atoms with Crippen molar-refractivity contribution in [1.29, 1.82) is 5.26 Å². The lowest BCUT2D eigenvalue weighted by Gasteiger charge is -2.12. The van der Waals surface area contributed by atoms with Crippen LogP contribution in [0.1, 0.15) is 31.0 Å². The van der Waals surface area contributed by atoms with Gasteiger partial charge in [-0.2, -0.15) is 5.26 Å². The quantitative estimate of drug-likeness (QED) is 0.692. The lowest BCUT2D eigenvalue weighted by molar-refractivity contribution is 0.625. The van der Waals surface area contributed by atoms with Crippen molar-refractivity contribution in [3.63, 3.8) is 0 Å². The SMILES string of the molecule is Cc1ccsc1-c1nc2cc(C#N)ccc2n1C(C)C. The molecule has 0 atom stereocenters. The van der Waals surface area contributed by atoms with Crippen molar-refractivity contribution in [2.45, 2.75) is 26.8 Å². The third kappa shape index (κ3) is 1.91. The van der Waals surface area contributed by atoms with E-state index >= 15 is 0 Å². The van der Waals surface area contributed by atoms with Gasteiger partial charge in [0.15, 0.2) is 5.82 Å². The Hall–Kier alpha value is -2.12. The molecular weight excluding hydrogens is 266 g/mol. The summed E-state index contributed by atoms with van der Waals surface area (Å²) in [5.74, 6) is 0.998. The maximum absolute atomic E-state index is 9.03. The van der Waals surface area contributed by atoms with Crippen LogP contribution in [0.3, 0.4) is 0 Å². The number of benzene rings is 1. The topological polar surface area (TPSA) is 41.6 Å². The number of aryl methyl sites for hydroxylation is 1. The average molecular weight is 281 g/mol. The molecule has 0 bridgehead atoms. The van der Waals surface area contributed by atoms with Crippen LogP contribution in [0.5, 0.6) is 0 Å². The van der Waals surface area contributed by atoms with Gasteiger partial charge in [-0.3, -0.25) is 0 Å². The fourth-order valence-electron chi connectivity index (χ4n) is 2.45. The molecule has 3 aromatic rings. The summed E-state index contributed by atoms with van der Waals surface area (Å²) in [4.78, 5) is 5.97. The molecule has 3 nitrogen and oxygen atoms in total. The van der Waals surface area contributed by atoms with Crippen molar-refractivity contribution in [3.05, 3.63) is 40.8 Å². The third-order valence-corrected chi connectivity index (χ3v) is 4.41. The molecule has 0 saturated heterocycles. The Kier molecular flexibility index (Phi) is 3.07. The van der Waals surface area contributed by atoms with Gasteiger partial charge in [0.05, 0.1) is 27.5 Å². The van der Waals surface area contributed by atoms with E-state index in [1.54, 1.807) is 11.3 Å². The molecule has 3 rings (SSSR count). The molecule has 2 heterocycles. The lowest BCUT2D eigenvalue weighted by Crippen LogP contribution is -2.02. The predicted molar refractivity (Wildman–Crippen MR) is 82.9 cm³/mol. The summed E-state index contributed by atoms with van der Waals surface area (Å²) in [6.45, 7) is 6.42. The van der Waals surface area contributed by atoms with E-state index in [4.69, 9.17) is 10.2 Å². The monoisotopic (exact) mass is 281 g/mol. The first kappa shape index (κ1) is 12.9. The molecule has 0 N–H and O–H groups in total. The van der Waals surface area contributed by atoms with Gasteiger partial charge >= 0.3 is 0 Å². The molecule has 0 aliphatic heterocycles. The smallest absolute Gasteiger partial charge is 0.151 e. The number of rotatable bonds is 2. The number of thiophene rings is 1. The maximum atomic E-state index is 9.03. The molecule has 0 spiro atoms. The summed E-state index contributed by atoms with van der Waals surface area (Å²) in [5, 5.41) is 11.1. The van der Waals surface area contributed by atoms with Crippen LogP contribution in [0.4, 0.5) is 0 Å². The highest BCUT2D eigenvalue weighted by atomic mass is 32.1. The Balaban J connectivity index is 2.34. The molecule has 0 fully saturated rings. The van der Waals surface area contributed by atoms with E-state index in [9.17, 15) is 0 Å². The normalized spacial score (nSPS) is 11.2. The van der Waals surface area contributed by atoms with Crippen LogP contribution in [-0.2, 0) is 0 Å². The van der Waals surface area contributed by atoms with Crippen LogP contribution in [0.25, 0.3) is 21.7 Å². The summed E-state index contributed by atoms with van der Waals surface area (Å²) in [6.07, 6.45) is 0. The molecule has 1 aromatic carbocycles. The lowest BCUT2D eigenvalue weighted by atomic mass is 10.2. The fourth-order valence-corrected chi connectivity index (χ4v) is 3.36. The first-order valence-corrected chi connectivity index (χ1v) is 7.46. The summed E-state index contributed by atoms with van der Waals surface area (Å²) in [7, 11) is 0. The van der Waals surface area contributed by atoms with E-state index in [-0.39, 0.29) is 0 Å². The molecule has 0 aliphatic carbocycles. The highest BCUT2D eigenvalue weighted by molar-refractivity contribution is 7.13. The van der Waals surface area contributed by atoms with Crippen LogP contribution in [0.2, 0.25) is 0 Å². The molecule has 100 valence electrons. The van der Waals surface area contributed by atoms with E-state index in [0.717, 1.165) is 16.9 Å². The molecule has 0 radical (unpaired) electrons. The Morgan fingerprint density at radius 1 is 1.30 bits per heavy atom. The molecular formula is C16H15N3S. The van der Waals surface area contributed by atoms with Gasteiger partial charge < -0.3 is 4.57 Å². The Morgan fingerprint density at radius 3 is 2.70 bits per heavy atom. The minimum Gasteiger partial charge on any atom is -0.321 e. The van der Waals surface area contributed by atoms with Gasteiger partial charge in [-0.25, -0.2) is 4.98 Å². The largest absolute Gasteiger partial charge is 0.321 e. The van der Waals surface area contributed by atoms with Gasteiger partial charge in [0.25, 0.3) is 0 Å². The zero-order valence-electron chi connectivity index (χ0n) is 11.7. The Morgan fingerprint density at radius 2 is 2.10 bits per heavy atom. The van der Waals surface area contributed by atoms with Crippen LogP contribution in [0, 0.1) is 18.3 Å². The first-order chi connectivity index (χ1) is 9.61. The number of fused-ring (bicyclic) bond motifs is 1. The van der Waals surface area contributed by atoms with E-state index in [2.05, 4.69) is 42.9 Å². The van der Waals surface area contributed by atoms with E-state index in [0.29, 0.717) is 11.6 Å². The molecule has 0 unspecified atom stereocenters. The van der Waals surface area contributed by atoms with Gasteiger partial charge in [-0.05, 0) is 56.0 Å². The number of nitrogens with zero attached hydrogens (tertiary/aromatic N) is 3. The maximum Gasteiger partial charge on any atom is 0.151 e. The standard InChI is InChI=1S/C16H15N3S/c1-10(2)19-14-5-4-12(9-17)8-13(14)18-16(19)15-11(3)6-7-20-15/h4-8,10H,1-3H3. The Labute approximate surface area is 122 Å². The highest BCUT2D eigenvalue weighted by Crippen LogP contribution is 2.33. The number of imidazole rings is 1. The number of hydrogen-bond donors (Lipinski definition) is 0. The fraction of sp³-hybridized carbons (Fsp3) is 0.250. The summed E-state index contributed by atoms with van der Waals surface area (Å²) < 4.78 is 2.25. The van der Waals surface area contributed by atoms with E-state index in [1.165, 1.54) is 10.4 Å². The van der Waals surface area contributed by atoms with Gasteiger partial charge in [-0.15, -0.1) is 11.3 Å². The summed E-state index contributed by atoms with van der Waals surface area (Å²) in [5.41, 5.74) is 3.87. The average Bonchev–Trinajstić information content (AvgIpc) is 3.00. The van der Waals surface area contributed by atoms with Crippen molar-refractivity contribution >= 4 is 22.4 Å². The van der Waals surface area contributed by atoms with Crippen molar-refractivity contribution in [2.75, 3.05) is 0 Å². The van der Waals surface area contributed by atoms with Crippen molar-refractivity contribution < 1.29 is 0 Å². The first-order valence-electron chi connectivity index (χ1n) is 6.58. The highest BCUT2D eigenvalue weighted by Gasteiger charge is 2.17. The zero-order valence-corrected chi connectivity index (χ0v) is 12.5. The zero-order chi connectivity index (χ0) is 14.3. The minimum absolute atomic E-state index is 0.324. The number of hydrogen-bond acceptors (Lipinski definition) is 3. The number of nitriles is 1. The third-order valence-electron chi connectivity index (χ3n) is 3.40. The van der Waals surface area contributed by atoms with Crippen LogP contribution in [-0.4, -0.2) is 9.55 Å². The molecule has 4 heteroatoms.